The van der Waals surface area contributed by atoms with E-state index in [9.17, 15) is 10.1 Å². The smallest absolute Gasteiger partial charge is 0.296 e. The van der Waals surface area contributed by atoms with Gasteiger partial charge in [0.15, 0.2) is 11.5 Å². The lowest BCUT2D eigenvalue weighted by atomic mass is 10.2. The molecule has 0 atom stereocenters. The van der Waals surface area contributed by atoms with Crippen molar-refractivity contribution in [1.29, 1.82) is 0 Å². The van der Waals surface area contributed by atoms with Gasteiger partial charge in [-0.05, 0) is 0 Å². The van der Waals surface area contributed by atoms with Crippen LogP contribution in [0.4, 0.5) is 11.4 Å². The van der Waals surface area contributed by atoms with E-state index < -0.39 is 4.92 Å². The normalized spacial score (nSPS) is 9.39. The standard InChI is InChI=1S/C12H14N2O4/c1-4-5-6-13-9-7-11(17-2)12(18-3)8-10(9)14(15)16/h1,7-8,13H,5-6H2,2-3H3. The highest BCUT2D eigenvalue weighted by molar-refractivity contribution is 5.68. The SMILES string of the molecule is C#CCCNc1cc(OC)c(OC)cc1[N+](=O)[O-]. The van der Waals surface area contributed by atoms with Crippen LogP contribution in [-0.2, 0) is 0 Å². The summed E-state index contributed by atoms with van der Waals surface area (Å²) in [7, 11) is 2.89. The van der Waals surface area contributed by atoms with Crippen LogP contribution in [0.3, 0.4) is 0 Å². The van der Waals surface area contributed by atoms with E-state index in [4.69, 9.17) is 15.9 Å². The Morgan fingerprint density at radius 3 is 2.50 bits per heavy atom. The first-order valence-electron chi connectivity index (χ1n) is 5.21. The first-order chi connectivity index (χ1) is 8.63. The highest BCUT2D eigenvalue weighted by Crippen LogP contribution is 2.37. The largest absolute Gasteiger partial charge is 0.493 e. The molecule has 6 nitrogen and oxygen atoms in total. The van der Waals surface area contributed by atoms with Gasteiger partial charge in [-0.25, -0.2) is 0 Å². The Hall–Kier alpha value is -2.42. The summed E-state index contributed by atoms with van der Waals surface area (Å²) in [6.07, 6.45) is 5.60. The molecule has 1 aromatic rings. The molecule has 0 spiro atoms. The van der Waals surface area contributed by atoms with Crippen LogP contribution in [0.15, 0.2) is 12.1 Å². The molecule has 0 heterocycles. The van der Waals surface area contributed by atoms with Crippen molar-refractivity contribution in [3.63, 3.8) is 0 Å². The Morgan fingerprint density at radius 1 is 1.39 bits per heavy atom. The van der Waals surface area contributed by atoms with Crippen LogP contribution >= 0.6 is 0 Å². The molecule has 6 heteroatoms. The zero-order chi connectivity index (χ0) is 13.5. The molecule has 1 N–H and O–H groups in total. The summed E-state index contributed by atoms with van der Waals surface area (Å²) in [6.45, 7) is 0.451. The number of hydrogen-bond acceptors (Lipinski definition) is 5. The number of rotatable bonds is 6. The average molecular weight is 250 g/mol. The second kappa shape index (κ2) is 6.35. The molecule has 96 valence electrons. The molecule has 0 fully saturated rings. The predicted molar refractivity (Wildman–Crippen MR) is 68.1 cm³/mol. The van der Waals surface area contributed by atoms with Crippen molar-refractivity contribution in [1.82, 2.24) is 0 Å². The van der Waals surface area contributed by atoms with E-state index in [2.05, 4.69) is 11.2 Å². The van der Waals surface area contributed by atoms with Crippen LogP contribution in [0.5, 0.6) is 11.5 Å². The topological polar surface area (TPSA) is 73.6 Å². The number of methoxy groups -OCH3 is 2. The summed E-state index contributed by atoms with van der Waals surface area (Å²) >= 11 is 0. The number of nitrogens with one attached hydrogen (secondary N) is 1. The minimum absolute atomic E-state index is 0.0790. The highest BCUT2D eigenvalue weighted by Gasteiger charge is 2.18. The molecule has 0 saturated carbocycles. The summed E-state index contributed by atoms with van der Waals surface area (Å²) in [6, 6.07) is 2.84. The van der Waals surface area contributed by atoms with Crippen molar-refractivity contribution in [3.05, 3.63) is 22.2 Å². The maximum absolute atomic E-state index is 11.0. The fraction of sp³-hybridized carbons (Fsp3) is 0.333. The Balaban J connectivity index is 3.13. The van der Waals surface area contributed by atoms with E-state index in [0.717, 1.165) is 0 Å². The number of benzene rings is 1. The molecular weight excluding hydrogens is 236 g/mol. The lowest BCUT2D eigenvalue weighted by molar-refractivity contribution is -0.384. The van der Waals surface area contributed by atoms with Gasteiger partial charge in [0.05, 0.1) is 25.2 Å². The number of nitrogens with zero attached hydrogens (tertiary/aromatic N) is 1. The third-order valence-corrected chi connectivity index (χ3v) is 2.28. The minimum atomic E-state index is -0.486. The van der Waals surface area contributed by atoms with Gasteiger partial charge >= 0.3 is 0 Å². The van der Waals surface area contributed by atoms with Gasteiger partial charge in [0.2, 0.25) is 0 Å². The van der Waals surface area contributed by atoms with E-state index in [0.29, 0.717) is 30.2 Å². The molecule has 18 heavy (non-hydrogen) atoms. The maximum Gasteiger partial charge on any atom is 0.296 e. The van der Waals surface area contributed by atoms with Gasteiger partial charge in [0, 0.05) is 19.0 Å². The third-order valence-electron chi connectivity index (χ3n) is 2.28. The zero-order valence-corrected chi connectivity index (χ0v) is 10.2. The van der Waals surface area contributed by atoms with E-state index in [1.807, 2.05) is 0 Å². The monoisotopic (exact) mass is 250 g/mol. The number of ether oxygens (including phenoxy) is 2. The molecule has 0 saturated heterocycles. The average Bonchev–Trinajstić information content (AvgIpc) is 2.38. The van der Waals surface area contributed by atoms with Crippen LogP contribution in [0, 0.1) is 22.5 Å². The van der Waals surface area contributed by atoms with Crippen molar-refractivity contribution in [2.24, 2.45) is 0 Å². The fourth-order valence-electron chi connectivity index (χ4n) is 1.43. The van der Waals surface area contributed by atoms with Gasteiger partial charge in [0.1, 0.15) is 5.69 Å². The molecule has 0 aliphatic carbocycles. The quantitative estimate of drug-likeness (QED) is 0.362. The first-order valence-corrected chi connectivity index (χ1v) is 5.21. The molecule has 0 radical (unpaired) electrons. The molecule has 0 unspecified atom stereocenters. The van der Waals surface area contributed by atoms with E-state index in [1.54, 1.807) is 0 Å². The molecule has 0 aliphatic rings. The summed E-state index contributed by atoms with van der Waals surface area (Å²) in [5, 5.41) is 13.9. The Labute approximate surface area is 105 Å². The van der Waals surface area contributed by atoms with Gasteiger partial charge < -0.3 is 14.8 Å². The van der Waals surface area contributed by atoms with Crippen molar-refractivity contribution >= 4 is 11.4 Å². The predicted octanol–water partition coefficient (Wildman–Crippen LogP) is 2.05. The number of nitro groups is 1. The maximum atomic E-state index is 11.0. The van der Waals surface area contributed by atoms with Crippen LogP contribution in [0.25, 0.3) is 0 Å². The fourth-order valence-corrected chi connectivity index (χ4v) is 1.43. The van der Waals surface area contributed by atoms with Crippen molar-refractivity contribution in [2.75, 3.05) is 26.1 Å². The molecule has 0 amide bonds. The summed E-state index contributed by atoms with van der Waals surface area (Å²) in [5.74, 6) is 3.18. The van der Waals surface area contributed by atoms with Crippen molar-refractivity contribution < 1.29 is 14.4 Å². The lowest BCUT2D eigenvalue weighted by Gasteiger charge is -2.11. The lowest BCUT2D eigenvalue weighted by Crippen LogP contribution is -2.04. The van der Waals surface area contributed by atoms with Gasteiger partial charge in [-0.15, -0.1) is 12.3 Å². The second-order valence-electron chi connectivity index (χ2n) is 3.36. The van der Waals surface area contributed by atoms with Crippen LogP contribution in [-0.4, -0.2) is 25.7 Å². The first kappa shape index (κ1) is 13.6. The van der Waals surface area contributed by atoms with Gasteiger partial charge in [-0.1, -0.05) is 0 Å². The van der Waals surface area contributed by atoms with Gasteiger partial charge in [-0.2, -0.15) is 0 Å². The van der Waals surface area contributed by atoms with Crippen LogP contribution in [0.1, 0.15) is 6.42 Å². The number of hydrogen-bond donors (Lipinski definition) is 1. The molecule has 0 aliphatic heterocycles. The Bertz CT molecular complexity index is 480. The zero-order valence-electron chi connectivity index (χ0n) is 10.2. The van der Waals surface area contributed by atoms with Gasteiger partial charge in [0.25, 0.3) is 5.69 Å². The van der Waals surface area contributed by atoms with E-state index in [1.165, 1.54) is 26.4 Å². The molecule has 1 aromatic carbocycles. The highest BCUT2D eigenvalue weighted by atomic mass is 16.6. The van der Waals surface area contributed by atoms with Gasteiger partial charge in [-0.3, -0.25) is 10.1 Å². The molecule has 1 rings (SSSR count). The third kappa shape index (κ3) is 3.04. The molecule has 0 bridgehead atoms. The minimum Gasteiger partial charge on any atom is -0.493 e. The van der Waals surface area contributed by atoms with E-state index >= 15 is 0 Å². The summed E-state index contributed by atoms with van der Waals surface area (Å²) in [5.41, 5.74) is 0.276. The van der Waals surface area contributed by atoms with Crippen molar-refractivity contribution in [2.45, 2.75) is 6.42 Å². The molecule has 0 aromatic heterocycles. The Kier molecular flexibility index (Phi) is 4.81. The number of nitro benzene ring substituents is 1. The summed E-state index contributed by atoms with van der Waals surface area (Å²) in [4.78, 5) is 10.5. The van der Waals surface area contributed by atoms with Crippen molar-refractivity contribution in [3.8, 4) is 23.8 Å². The van der Waals surface area contributed by atoms with Crippen LogP contribution < -0.4 is 14.8 Å². The number of anilines is 1. The molecular formula is C12H14N2O4. The number of terminal acetylenes is 1. The summed E-state index contributed by atoms with van der Waals surface area (Å²) < 4.78 is 10.1. The Morgan fingerprint density at radius 2 is 2.00 bits per heavy atom. The van der Waals surface area contributed by atoms with Crippen LogP contribution in [0.2, 0.25) is 0 Å². The van der Waals surface area contributed by atoms with E-state index in [-0.39, 0.29) is 5.69 Å². The second-order valence-corrected chi connectivity index (χ2v) is 3.36.